The largest absolute Gasteiger partial charge is 0.449 e. The number of rotatable bonds is 2. The summed E-state index contributed by atoms with van der Waals surface area (Å²) in [7, 11) is 0. The van der Waals surface area contributed by atoms with E-state index >= 15 is 0 Å². The molecule has 0 atom stereocenters. The first-order valence-corrected chi connectivity index (χ1v) is 2.67. The molecule has 0 aromatic carbocycles. The molecule has 0 bridgehead atoms. The predicted molar refractivity (Wildman–Crippen MR) is 31.0 cm³/mol. The molecule has 1 heterocycles. The van der Waals surface area contributed by atoms with Crippen LogP contribution in [-0.2, 0) is 11.2 Å². The minimum Gasteiger partial charge on any atom is -0.449 e. The van der Waals surface area contributed by atoms with Gasteiger partial charge >= 0.3 is 0 Å². The van der Waals surface area contributed by atoms with Crippen LogP contribution in [0.25, 0.3) is 0 Å². The first-order chi connectivity index (χ1) is 4.33. The van der Waals surface area contributed by atoms with E-state index in [1.807, 2.05) is 0 Å². The van der Waals surface area contributed by atoms with Crippen molar-refractivity contribution < 1.29 is 9.21 Å². The fourth-order valence-corrected chi connectivity index (χ4v) is 0.587. The Morgan fingerprint density at radius 3 is 3.11 bits per heavy atom. The van der Waals surface area contributed by atoms with Crippen molar-refractivity contribution in [1.82, 2.24) is 4.98 Å². The molecule has 0 radical (unpaired) electrons. The van der Waals surface area contributed by atoms with Crippen LogP contribution in [0.15, 0.2) is 10.7 Å². The predicted octanol–water partition coefficient (Wildman–Crippen LogP) is 0.724. The maximum absolute atomic E-state index is 9.90. The van der Waals surface area contributed by atoms with Crippen LogP contribution < -0.4 is 0 Å². The highest BCUT2D eigenvalue weighted by Gasteiger charge is 1.95. The zero-order valence-corrected chi connectivity index (χ0v) is 5.13. The fraction of sp³-hybridized carbons (Fsp3) is 0.333. The standard InChI is InChI=1S/C6H7NO2/c1-5-7-6(2-3-8)4-9-5/h3-4H,2H2,1H3. The summed E-state index contributed by atoms with van der Waals surface area (Å²) >= 11 is 0. The third kappa shape index (κ3) is 1.38. The summed E-state index contributed by atoms with van der Waals surface area (Å²) in [6.07, 6.45) is 2.64. The molecule has 0 aliphatic rings. The first-order valence-electron chi connectivity index (χ1n) is 2.67. The lowest BCUT2D eigenvalue weighted by Gasteiger charge is -1.76. The molecule has 0 aliphatic heterocycles. The van der Waals surface area contributed by atoms with Crippen LogP contribution in [0.5, 0.6) is 0 Å². The molecule has 1 rings (SSSR count). The number of aryl methyl sites for hydroxylation is 1. The quantitative estimate of drug-likeness (QED) is 0.547. The van der Waals surface area contributed by atoms with Crippen LogP contribution in [0.4, 0.5) is 0 Å². The Kier molecular flexibility index (Phi) is 1.63. The molecule has 0 unspecified atom stereocenters. The maximum Gasteiger partial charge on any atom is 0.191 e. The second-order valence-corrected chi connectivity index (χ2v) is 1.73. The zero-order valence-electron chi connectivity index (χ0n) is 5.13. The van der Waals surface area contributed by atoms with Gasteiger partial charge in [0.15, 0.2) is 5.89 Å². The van der Waals surface area contributed by atoms with Gasteiger partial charge in [0, 0.05) is 13.3 Å². The number of hydrogen-bond acceptors (Lipinski definition) is 3. The molecule has 0 saturated heterocycles. The number of oxazole rings is 1. The Labute approximate surface area is 52.7 Å². The lowest BCUT2D eigenvalue weighted by atomic mass is 10.4. The van der Waals surface area contributed by atoms with Crippen molar-refractivity contribution in [2.45, 2.75) is 13.3 Å². The van der Waals surface area contributed by atoms with Crippen LogP contribution in [-0.4, -0.2) is 11.3 Å². The molecule has 3 nitrogen and oxygen atoms in total. The van der Waals surface area contributed by atoms with Gasteiger partial charge in [-0.25, -0.2) is 4.98 Å². The average molecular weight is 125 g/mol. The number of nitrogens with zero attached hydrogens (tertiary/aromatic N) is 1. The number of carbonyl (C=O) groups is 1. The maximum atomic E-state index is 9.90. The molecule has 1 aromatic heterocycles. The van der Waals surface area contributed by atoms with E-state index in [1.54, 1.807) is 6.92 Å². The Morgan fingerprint density at radius 2 is 2.67 bits per heavy atom. The van der Waals surface area contributed by atoms with Gasteiger partial charge < -0.3 is 9.21 Å². The molecule has 0 aliphatic carbocycles. The molecule has 3 heteroatoms. The third-order valence-corrected chi connectivity index (χ3v) is 0.959. The monoisotopic (exact) mass is 125 g/mol. The molecule has 48 valence electrons. The van der Waals surface area contributed by atoms with E-state index < -0.39 is 0 Å². The van der Waals surface area contributed by atoms with Crippen LogP contribution in [0, 0.1) is 6.92 Å². The smallest absolute Gasteiger partial charge is 0.191 e. The van der Waals surface area contributed by atoms with Crippen LogP contribution in [0.3, 0.4) is 0 Å². The fourth-order valence-electron chi connectivity index (χ4n) is 0.587. The number of hydrogen-bond donors (Lipinski definition) is 0. The van der Waals surface area contributed by atoms with Crippen molar-refractivity contribution >= 4 is 6.29 Å². The summed E-state index contributed by atoms with van der Waals surface area (Å²) in [4.78, 5) is 13.8. The second-order valence-electron chi connectivity index (χ2n) is 1.73. The van der Waals surface area contributed by atoms with E-state index in [4.69, 9.17) is 4.42 Å². The molecule has 0 N–H and O–H groups in total. The van der Waals surface area contributed by atoms with Gasteiger partial charge in [-0.2, -0.15) is 0 Å². The van der Waals surface area contributed by atoms with Gasteiger partial charge in [-0.05, 0) is 0 Å². The number of carbonyl (C=O) groups excluding carboxylic acids is 1. The van der Waals surface area contributed by atoms with Gasteiger partial charge in [-0.3, -0.25) is 0 Å². The van der Waals surface area contributed by atoms with E-state index in [1.165, 1.54) is 6.26 Å². The van der Waals surface area contributed by atoms with E-state index in [2.05, 4.69) is 4.98 Å². The molecule has 0 fully saturated rings. The number of aromatic nitrogens is 1. The van der Waals surface area contributed by atoms with Crippen LogP contribution in [0.2, 0.25) is 0 Å². The Balaban J connectivity index is 2.72. The molecule has 1 aromatic rings. The van der Waals surface area contributed by atoms with Crippen LogP contribution in [0.1, 0.15) is 11.6 Å². The lowest BCUT2D eigenvalue weighted by Crippen LogP contribution is -1.84. The van der Waals surface area contributed by atoms with Gasteiger partial charge in [0.05, 0.1) is 5.69 Å². The van der Waals surface area contributed by atoms with Crippen molar-refractivity contribution in [3.05, 3.63) is 17.8 Å². The van der Waals surface area contributed by atoms with Gasteiger partial charge in [0.1, 0.15) is 12.5 Å². The topological polar surface area (TPSA) is 43.1 Å². The van der Waals surface area contributed by atoms with E-state index in [9.17, 15) is 4.79 Å². The summed E-state index contributed by atoms with van der Waals surface area (Å²) in [6.45, 7) is 1.74. The van der Waals surface area contributed by atoms with Crippen molar-refractivity contribution in [2.24, 2.45) is 0 Å². The van der Waals surface area contributed by atoms with Gasteiger partial charge in [0.25, 0.3) is 0 Å². The third-order valence-electron chi connectivity index (χ3n) is 0.959. The zero-order chi connectivity index (χ0) is 6.69. The highest BCUT2D eigenvalue weighted by atomic mass is 16.3. The van der Waals surface area contributed by atoms with Crippen LogP contribution >= 0.6 is 0 Å². The van der Waals surface area contributed by atoms with Gasteiger partial charge in [-0.1, -0.05) is 0 Å². The van der Waals surface area contributed by atoms with Gasteiger partial charge in [0.2, 0.25) is 0 Å². The summed E-state index contributed by atoms with van der Waals surface area (Å²) in [5.41, 5.74) is 0.697. The SMILES string of the molecule is Cc1nc(CC=O)co1. The van der Waals surface area contributed by atoms with Gasteiger partial charge in [-0.15, -0.1) is 0 Å². The minimum atomic E-state index is 0.345. The minimum absolute atomic E-state index is 0.345. The summed E-state index contributed by atoms with van der Waals surface area (Å²) in [5, 5.41) is 0. The molecule has 0 amide bonds. The Hall–Kier alpha value is -1.12. The molecular weight excluding hydrogens is 118 g/mol. The number of aldehydes is 1. The second kappa shape index (κ2) is 2.44. The summed E-state index contributed by atoms with van der Waals surface area (Å²) in [5.74, 6) is 0.604. The highest BCUT2D eigenvalue weighted by molar-refractivity contribution is 5.53. The first kappa shape index (κ1) is 6.01. The molecule has 9 heavy (non-hydrogen) atoms. The normalized spacial score (nSPS) is 9.44. The van der Waals surface area contributed by atoms with Crippen molar-refractivity contribution in [2.75, 3.05) is 0 Å². The summed E-state index contributed by atoms with van der Waals surface area (Å²) in [6, 6.07) is 0. The van der Waals surface area contributed by atoms with E-state index in [0.717, 1.165) is 6.29 Å². The lowest BCUT2D eigenvalue weighted by molar-refractivity contribution is -0.107. The average Bonchev–Trinajstić information content (AvgIpc) is 2.17. The van der Waals surface area contributed by atoms with Crippen molar-refractivity contribution in [1.29, 1.82) is 0 Å². The summed E-state index contributed by atoms with van der Waals surface area (Å²) < 4.78 is 4.85. The van der Waals surface area contributed by atoms with E-state index in [-0.39, 0.29) is 0 Å². The molecular formula is C6H7NO2. The Bertz CT molecular complexity index is 205. The van der Waals surface area contributed by atoms with Crippen molar-refractivity contribution in [3.63, 3.8) is 0 Å². The van der Waals surface area contributed by atoms with E-state index in [0.29, 0.717) is 18.0 Å². The van der Waals surface area contributed by atoms with Crippen molar-refractivity contribution in [3.8, 4) is 0 Å². The molecule has 0 saturated carbocycles. The highest BCUT2D eigenvalue weighted by Crippen LogP contribution is 1.98. The molecule has 0 spiro atoms. The Morgan fingerprint density at radius 1 is 1.89 bits per heavy atom.